The molecule has 0 atom stereocenters. The van der Waals surface area contributed by atoms with Gasteiger partial charge in [-0.05, 0) is 61.4 Å². The third kappa shape index (κ3) is 3.83. The minimum atomic E-state index is 0.272. The lowest BCUT2D eigenvalue weighted by atomic mass is 9.87. The van der Waals surface area contributed by atoms with Gasteiger partial charge in [0.15, 0.2) is 0 Å². The first-order valence-corrected chi connectivity index (χ1v) is 6.59. The van der Waals surface area contributed by atoms with E-state index in [0.717, 1.165) is 36.5 Å². The summed E-state index contributed by atoms with van der Waals surface area (Å²) in [7, 11) is 0. The molecule has 0 amide bonds. The third-order valence-corrected chi connectivity index (χ3v) is 3.57. The normalized spacial score (nSPS) is 23.2. The molecule has 2 rings (SSSR count). The molecule has 1 aromatic rings. The zero-order chi connectivity index (χ0) is 12.8. The number of benzene rings is 1. The molecule has 0 radical (unpaired) electrons. The molecule has 0 saturated heterocycles. The van der Waals surface area contributed by atoms with E-state index in [0.29, 0.717) is 12.5 Å². The fourth-order valence-corrected chi connectivity index (χ4v) is 2.42. The lowest BCUT2D eigenvalue weighted by Crippen LogP contribution is -2.25. The monoisotopic (exact) mass is 265 g/mol. The maximum atomic E-state index is 8.29. The Labute approximate surface area is 112 Å². The van der Waals surface area contributed by atoms with E-state index >= 15 is 0 Å². The van der Waals surface area contributed by atoms with Crippen molar-refractivity contribution in [1.29, 1.82) is 0 Å². The Morgan fingerprint density at radius 3 is 2.50 bits per heavy atom. The van der Waals surface area contributed by atoms with Gasteiger partial charge >= 0.3 is 0 Å². The van der Waals surface area contributed by atoms with Crippen LogP contribution in [0.3, 0.4) is 0 Å². The number of halogens is 1. The van der Waals surface area contributed by atoms with Crippen LogP contribution in [0.25, 0.3) is 10.4 Å². The van der Waals surface area contributed by atoms with Crippen LogP contribution in [0.2, 0.25) is 5.02 Å². The van der Waals surface area contributed by atoms with Gasteiger partial charge in [-0.1, -0.05) is 16.7 Å². The van der Waals surface area contributed by atoms with Crippen molar-refractivity contribution in [2.45, 2.75) is 31.8 Å². The van der Waals surface area contributed by atoms with E-state index in [1.807, 2.05) is 24.3 Å². The third-order valence-electron chi connectivity index (χ3n) is 3.31. The molecule has 0 aliphatic heterocycles. The van der Waals surface area contributed by atoms with Gasteiger partial charge in [0.1, 0.15) is 5.75 Å². The molecule has 0 unspecified atom stereocenters. The fraction of sp³-hybridized carbons (Fsp3) is 0.538. The number of hydrogen-bond acceptors (Lipinski definition) is 2. The molecule has 1 aliphatic carbocycles. The molecule has 0 aromatic heterocycles. The summed E-state index contributed by atoms with van der Waals surface area (Å²) in [6.07, 6.45) is 4.45. The van der Waals surface area contributed by atoms with Crippen molar-refractivity contribution in [2.24, 2.45) is 11.0 Å². The van der Waals surface area contributed by atoms with E-state index in [1.54, 1.807) is 0 Å². The predicted octanol–water partition coefficient (Wildman–Crippen LogP) is 4.59. The standard InChI is InChI=1S/C13H16ClN3O/c14-11-3-7-13(8-4-11)18-12-5-1-10(2-6-12)9-16-17-15/h3-4,7-8,10,12H,1-2,5-6,9H2. The minimum absolute atomic E-state index is 0.272. The number of rotatable bonds is 4. The molecule has 1 saturated carbocycles. The van der Waals surface area contributed by atoms with Gasteiger partial charge in [-0.25, -0.2) is 0 Å². The SMILES string of the molecule is [N-]=[N+]=NCC1CCC(Oc2ccc(Cl)cc2)CC1. The van der Waals surface area contributed by atoms with Crippen molar-refractivity contribution in [3.8, 4) is 5.75 Å². The molecule has 1 fully saturated rings. The van der Waals surface area contributed by atoms with E-state index < -0.39 is 0 Å². The van der Waals surface area contributed by atoms with Gasteiger partial charge in [0.25, 0.3) is 0 Å². The summed E-state index contributed by atoms with van der Waals surface area (Å²) in [6, 6.07) is 7.47. The van der Waals surface area contributed by atoms with Crippen molar-refractivity contribution in [3.05, 3.63) is 39.7 Å². The summed E-state index contributed by atoms with van der Waals surface area (Å²) < 4.78 is 5.90. The van der Waals surface area contributed by atoms with Gasteiger partial charge in [-0.15, -0.1) is 0 Å². The summed E-state index contributed by atoms with van der Waals surface area (Å²) >= 11 is 5.83. The van der Waals surface area contributed by atoms with Crippen LogP contribution < -0.4 is 4.74 Å². The molecule has 0 heterocycles. The first-order chi connectivity index (χ1) is 8.78. The van der Waals surface area contributed by atoms with Crippen LogP contribution >= 0.6 is 11.6 Å². The zero-order valence-corrected chi connectivity index (χ0v) is 10.9. The lowest BCUT2D eigenvalue weighted by molar-refractivity contribution is 0.133. The first-order valence-electron chi connectivity index (χ1n) is 6.21. The highest BCUT2D eigenvalue weighted by Gasteiger charge is 2.21. The average molecular weight is 266 g/mol. The Kier molecular flexibility index (Phi) is 4.73. The molecule has 0 bridgehead atoms. The quantitative estimate of drug-likeness (QED) is 0.446. The molecular weight excluding hydrogens is 250 g/mol. The topological polar surface area (TPSA) is 58.0 Å². The second kappa shape index (κ2) is 6.53. The van der Waals surface area contributed by atoms with Crippen molar-refractivity contribution in [1.82, 2.24) is 0 Å². The summed E-state index contributed by atoms with van der Waals surface area (Å²) in [6.45, 7) is 0.615. The van der Waals surface area contributed by atoms with E-state index in [1.165, 1.54) is 0 Å². The van der Waals surface area contributed by atoms with E-state index in [9.17, 15) is 0 Å². The Bertz CT molecular complexity index is 420. The van der Waals surface area contributed by atoms with Crippen LogP contribution in [0, 0.1) is 5.92 Å². The molecular formula is C13H16ClN3O. The van der Waals surface area contributed by atoms with Gasteiger partial charge in [0, 0.05) is 16.5 Å². The van der Waals surface area contributed by atoms with Gasteiger partial charge in [0.05, 0.1) is 6.10 Å². The smallest absolute Gasteiger partial charge is 0.119 e. The Morgan fingerprint density at radius 2 is 1.89 bits per heavy atom. The summed E-state index contributed by atoms with van der Waals surface area (Å²) in [5.74, 6) is 1.39. The maximum absolute atomic E-state index is 8.29. The second-order valence-corrected chi connectivity index (χ2v) is 5.06. The Morgan fingerprint density at radius 1 is 1.22 bits per heavy atom. The van der Waals surface area contributed by atoms with Crippen LogP contribution in [0.5, 0.6) is 5.75 Å². The molecule has 4 nitrogen and oxygen atoms in total. The van der Waals surface area contributed by atoms with Crippen LogP contribution in [0.4, 0.5) is 0 Å². The van der Waals surface area contributed by atoms with Crippen molar-refractivity contribution < 1.29 is 4.74 Å². The second-order valence-electron chi connectivity index (χ2n) is 4.63. The molecule has 18 heavy (non-hydrogen) atoms. The summed E-state index contributed by atoms with van der Waals surface area (Å²) in [4.78, 5) is 2.81. The zero-order valence-electron chi connectivity index (χ0n) is 10.1. The molecule has 96 valence electrons. The van der Waals surface area contributed by atoms with Gasteiger partial charge in [-0.3, -0.25) is 0 Å². The Hall–Kier alpha value is -1.38. The Balaban J connectivity index is 1.79. The lowest BCUT2D eigenvalue weighted by Gasteiger charge is -2.28. The number of nitrogens with zero attached hydrogens (tertiary/aromatic N) is 3. The highest BCUT2D eigenvalue weighted by Crippen LogP contribution is 2.28. The highest BCUT2D eigenvalue weighted by molar-refractivity contribution is 6.30. The number of azide groups is 1. The minimum Gasteiger partial charge on any atom is -0.490 e. The van der Waals surface area contributed by atoms with Crippen molar-refractivity contribution in [2.75, 3.05) is 6.54 Å². The molecule has 0 spiro atoms. The van der Waals surface area contributed by atoms with Gasteiger partial charge in [0.2, 0.25) is 0 Å². The first kappa shape index (κ1) is 13.1. The van der Waals surface area contributed by atoms with Crippen LogP contribution in [-0.4, -0.2) is 12.6 Å². The molecule has 0 N–H and O–H groups in total. The largest absolute Gasteiger partial charge is 0.490 e. The van der Waals surface area contributed by atoms with Crippen LogP contribution in [-0.2, 0) is 0 Å². The summed E-state index contributed by atoms with van der Waals surface area (Å²) in [5, 5.41) is 4.36. The number of ether oxygens (including phenoxy) is 1. The number of hydrogen-bond donors (Lipinski definition) is 0. The molecule has 1 aromatic carbocycles. The van der Waals surface area contributed by atoms with E-state index in [-0.39, 0.29) is 6.10 Å². The van der Waals surface area contributed by atoms with Gasteiger partial charge < -0.3 is 4.74 Å². The highest BCUT2D eigenvalue weighted by atomic mass is 35.5. The molecule has 5 heteroatoms. The predicted molar refractivity (Wildman–Crippen MR) is 71.8 cm³/mol. The van der Waals surface area contributed by atoms with Crippen molar-refractivity contribution >= 4 is 11.6 Å². The fourth-order valence-electron chi connectivity index (χ4n) is 2.29. The van der Waals surface area contributed by atoms with Crippen LogP contribution in [0.15, 0.2) is 29.4 Å². The maximum Gasteiger partial charge on any atom is 0.119 e. The van der Waals surface area contributed by atoms with E-state index in [2.05, 4.69) is 10.0 Å². The van der Waals surface area contributed by atoms with Crippen molar-refractivity contribution in [3.63, 3.8) is 0 Å². The average Bonchev–Trinajstić information content (AvgIpc) is 2.41. The van der Waals surface area contributed by atoms with Crippen LogP contribution in [0.1, 0.15) is 25.7 Å². The van der Waals surface area contributed by atoms with E-state index in [4.69, 9.17) is 21.9 Å². The molecule has 1 aliphatic rings. The summed E-state index contributed by atoms with van der Waals surface area (Å²) in [5.41, 5.74) is 8.29. The van der Waals surface area contributed by atoms with Gasteiger partial charge in [-0.2, -0.15) is 0 Å².